The Hall–Kier alpha value is -3.06. The highest BCUT2D eigenvalue weighted by atomic mass is 32.2. The van der Waals surface area contributed by atoms with E-state index in [2.05, 4.69) is 39.1 Å². The van der Waals surface area contributed by atoms with Gasteiger partial charge < -0.3 is 9.15 Å². The first-order valence-corrected chi connectivity index (χ1v) is 11.0. The van der Waals surface area contributed by atoms with Crippen LogP contribution in [0.2, 0.25) is 0 Å². The molecule has 5 rings (SSSR count). The lowest BCUT2D eigenvalue weighted by molar-refractivity contribution is 0.400. The van der Waals surface area contributed by atoms with Gasteiger partial charge in [-0.05, 0) is 43.0 Å². The lowest BCUT2D eigenvalue weighted by atomic mass is 10.1. The Morgan fingerprint density at radius 2 is 1.87 bits per heavy atom. The Morgan fingerprint density at radius 3 is 2.73 bits per heavy atom. The average Bonchev–Trinajstić information content (AvgIpc) is 3.51. The van der Waals surface area contributed by atoms with Gasteiger partial charge in [0.15, 0.2) is 0 Å². The van der Waals surface area contributed by atoms with Crippen LogP contribution in [-0.4, -0.2) is 27.1 Å². The second-order valence-corrected chi connectivity index (χ2v) is 8.14. The minimum Gasteiger partial charge on any atom is -0.496 e. The molecular formula is C23H22N4O2S. The smallest absolute Gasteiger partial charge is 0.276 e. The van der Waals surface area contributed by atoms with E-state index < -0.39 is 0 Å². The van der Waals surface area contributed by atoms with Gasteiger partial charge in [0.2, 0.25) is 5.89 Å². The number of hydrogen-bond acceptors (Lipinski definition) is 6. The quantitative estimate of drug-likeness (QED) is 0.408. The summed E-state index contributed by atoms with van der Waals surface area (Å²) in [7, 11) is 1.67. The minimum absolute atomic E-state index is 0.551. The molecule has 7 heteroatoms. The van der Waals surface area contributed by atoms with Gasteiger partial charge in [-0.15, -0.1) is 10.2 Å². The molecule has 2 heterocycles. The van der Waals surface area contributed by atoms with Crippen LogP contribution in [0.3, 0.4) is 0 Å². The molecule has 4 aromatic rings. The zero-order valence-corrected chi connectivity index (χ0v) is 17.6. The molecular weight excluding hydrogens is 396 g/mol. The van der Waals surface area contributed by atoms with Crippen molar-refractivity contribution >= 4 is 11.8 Å². The highest BCUT2D eigenvalue weighted by molar-refractivity contribution is 7.98. The van der Waals surface area contributed by atoms with Gasteiger partial charge in [0.25, 0.3) is 5.22 Å². The molecule has 0 atom stereocenters. The number of fused-ring (bicyclic) bond motifs is 1. The highest BCUT2D eigenvalue weighted by Crippen LogP contribution is 2.31. The average molecular weight is 419 g/mol. The first-order chi connectivity index (χ1) is 14.8. The normalized spacial score (nSPS) is 12.8. The molecule has 2 aromatic carbocycles. The van der Waals surface area contributed by atoms with Crippen LogP contribution in [0.4, 0.5) is 0 Å². The molecule has 0 saturated heterocycles. The molecule has 0 fully saturated rings. The van der Waals surface area contributed by atoms with Gasteiger partial charge in [-0.25, -0.2) is 4.68 Å². The summed E-state index contributed by atoms with van der Waals surface area (Å²) in [6.07, 6.45) is 3.89. The van der Waals surface area contributed by atoms with Crippen molar-refractivity contribution in [2.45, 2.75) is 36.7 Å². The molecule has 0 N–H and O–H groups in total. The molecule has 1 aliphatic carbocycles. The Bertz CT molecular complexity index is 1150. The summed E-state index contributed by atoms with van der Waals surface area (Å²) in [5, 5.41) is 13.9. The van der Waals surface area contributed by atoms with Gasteiger partial charge >= 0.3 is 0 Å². The van der Waals surface area contributed by atoms with Gasteiger partial charge in [-0.3, -0.25) is 0 Å². The Kier molecular flexibility index (Phi) is 5.27. The van der Waals surface area contributed by atoms with Crippen LogP contribution in [0.5, 0.6) is 5.75 Å². The van der Waals surface area contributed by atoms with Crippen molar-refractivity contribution < 1.29 is 9.15 Å². The highest BCUT2D eigenvalue weighted by Gasteiger charge is 2.23. The number of ether oxygens (including phenoxy) is 1. The van der Waals surface area contributed by atoms with Crippen molar-refractivity contribution in [3.63, 3.8) is 0 Å². The van der Waals surface area contributed by atoms with E-state index in [1.54, 1.807) is 18.9 Å². The number of hydrogen-bond donors (Lipinski definition) is 0. The van der Waals surface area contributed by atoms with Gasteiger partial charge in [0.1, 0.15) is 5.75 Å². The zero-order chi connectivity index (χ0) is 20.3. The molecule has 0 saturated carbocycles. The van der Waals surface area contributed by atoms with Gasteiger partial charge in [-0.2, -0.15) is 5.10 Å². The van der Waals surface area contributed by atoms with Crippen LogP contribution in [0, 0.1) is 0 Å². The first-order valence-electron chi connectivity index (χ1n) is 10.0. The molecule has 0 bridgehead atoms. The first kappa shape index (κ1) is 18.9. The third-order valence-corrected chi connectivity index (χ3v) is 6.16. The lowest BCUT2D eigenvalue weighted by Gasteiger charge is -2.05. The molecule has 0 amide bonds. The van der Waals surface area contributed by atoms with Crippen molar-refractivity contribution in [3.8, 4) is 11.4 Å². The monoisotopic (exact) mass is 418 g/mol. The summed E-state index contributed by atoms with van der Waals surface area (Å²) < 4.78 is 13.4. The SMILES string of the molecule is COc1ccccc1Cc1nnc(SCc2nn(-c3ccccc3)c3c2CCC3)o1. The lowest BCUT2D eigenvalue weighted by Crippen LogP contribution is -2.01. The van der Waals surface area contributed by atoms with Gasteiger partial charge in [-0.1, -0.05) is 48.2 Å². The zero-order valence-electron chi connectivity index (χ0n) is 16.7. The standard InChI is InChI=1S/C23H22N4O2S/c1-28-21-13-6-5-8-16(21)14-22-24-25-23(29-22)30-15-19-18-11-7-12-20(18)27(26-19)17-9-3-2-4-10-17/h2-6,8-10,13H,7,11-12,14-15H2,1H3. The summed E-state index contributed by atoms with van der Waals surface area (Å²) in [6, 6.07) is 18.2. The van der Waals surface area contributed by atoms with E-state index in [0.29, 0.717) is 17.5 Å². The third-order valence-electron chi connectivity index (χ3n) is 5.33. The van der Waals surface area contributed by atoms with E-state index in [0.717, 1.165) is 41.3 Å². The number of rotatable bonds is 7. The Balaban J connectivity index is 1.31. The fourth-order valence-corrected chi connectivity index (χ4v) is 4.67. The van der Waals surface area contributed by atoms with E-state index in [4.69, 9.17) is 14.3 Å². The second-order valence-electron chi connectivity index (χ2n) is 7.21. The topological polar surface area (TPSA) is 66.0 Å². The number of aromatic nitrogens is 4. The molecule has 0 aliphatic heterocycles. The van der Waals surface area contributed by atoms with E-state index in [9.17, 15) is 0 Å². The molecule has 0 unspecified atom stereocenters. The van der Waals surface area contributed by atoms with Crippen LogP contribution < -0.4 is 4.74 Å². The van der Waals surface area contributed by atoms with E-state index in [1.165, 1.54) is 17.7 Å². The predicted molar refractivity (Wildman–Crippen MR) is 115 cm³/mol. The number of para-hydroxylation sites is 2. The predicted octanol–water partition coefficient (Wildman–Crippen LogP) is 4.64. The minimum atomic E-state index is 0.551. The fraction of sp³-hybridized carbons (Fsp3) is 0.261. The van der Waals surface area contributed by atoms with E-state index in [-0.39, 0.29) is 0 Å². The number of thioether (sulfide) groups is 1. The van der Waals surface area contributed by atoms with Crippen molar-refractivity contribution in [1.29, 1.82) is 0 Å². The number of benzene rings is 2. The summed E-state index contributed by atoms with van der Waals surface area (Å²) >= 11 is 1.54. The largest absolute Gasteiger partial charge is 0.496 e. The number of nitrogens with zero attached hydrogens (tertiary/aromatic N) is 4. The maximum absolute atomic E-state index is 5.87. The summed E-state index contributed by atoms with van der Waals surface area (Å²) in [4.78, 5) is 0. The van der Waals surface area contributed by atoms with Crippen molar-refractivity contribution in [3.05, 3.63) is 83.0 Å². The van der Waals surface area contributed by atoms with Crippen molar-refractivity contribution in [2.24, 2.45) is 0 Å². The van der Waals surface area contributed by atoms with Crippen molar-refractivity contribution in [2.75, 3.05) is 7.11 Å². The van der Waals surface area contributed by atoms with Crippen LogP contribution in [-0.2, 0) is 25.0 Å². The maximum atomic E-state index is 5.87. The van der Waals surface area contributed by atoms with Crippen LogP contribution in [0.25, 0.3) is 5.69 Å². The summed E-state index contributed by atoms with van der Waals surface area (Å²) in [6.45, 7) is 0. The Labute approximate surface area is 179 Å². The Morgan fingerprint density at radius 1 is 1.03 bits per heavy atom. The molecule has 1 aliphatic rings. The third kappa shape index (κ3) is 3.73. The van der Waals surface area contributed by atoms with Crippen LogP contribution >= 0.6 is 11.8 Å². The fourth-order valence-electron chi connectivity index (χ4n) is 3.92. The van der Waals surface area contributed by atoms with Crippen LogP contribution in [0.15, 0.2) is 64.2 Å². The van der Waals surface area contributed by atoms with E-state index >= 15 is 0 Å². The molecule has 152 valence electrons. The van der Waals surface area contributed by atoms with Crippen molar-refractivity contribution in [1.82, 2.24) is 20.0 Å². The summed E-state index contributed by atoms with van der Waals surface area (Å²) in [5.74, 6) is 2.13. The molecule has 0 spiro atoms. The molecule has 0 radical (unpaired) electrons. The summed E-state index contributed by atoms with van der Waals surface area (Å²) in [5.41, 5.74) is 5.96. The maximum Gasteiger partial charge on any atom is 0.276 e. The van der Waals surface area contributed by atoms with E-state index in [1.807, 2.05) is 30.3 Å². The van der Waals surface area contributed by atoms with Gasteiger partial charge in [0, 0.05) is 17.0 Å². The number of methoxy groups -OCH3 is 1. The van der Waals surface area contributed by atoms with Crippen LogP contribution in [0.1, 0.15) is 34.8 Å². The molecule has 30 heavy (non-hydrogen) atoms. The molecule has 2 aromatic heterocycles. The molecule has 6 nitrogen and oxygen atoms in total. The van der Waals surface area contributed by atoms with Gasteiger partial charge in [0.05, 0.1) is 24.9 Å². The second kappa shape index (κ2) is 8.36.